The number of aromatic nitrogens is 1. The van der Waals surface area contributed by atoms with Crippen molar-refractivity contribution >= 4 is 34.4 Å². The van der Waals surface area contributed by atoms with Gasteiger partial charge in [-0.3, -0.25) is 0 Å². The third-order valence-corrected chi connectivity index (χ3v) is 5.57. The molecule has 0 saturated carbocycles. The van der Waals surface area contributed by atoms with Crippen LogP contribution in [-0.2, 0) is 16.0 Å². The number of fused-ring (bicyclic) bond motifs is 3. The van der Waals surface area contributed by atoms with Crippen LogP contribution in [0.4, 0.5) is 0 Å². The van der Waals surface area contributed by atoms with Crippen LogP contribution in [0.15, 0.2) is 36.4 Å². The molecule has 2 aromatic carbocycles. The zero-order valence-corrected chi connectivity index (χ0v) is 22.2. The van der Waals surface area contributed by atoms with Crippen LogP contribution < -0.4 is 0 Å². The molecular formula is C27H43NO2S. The van der Waals surface area contributed by atoms with Crippen molar-refractivity contribution in [2.45, 2.75) is 85.8 Å². The summed E-state index contributed by atoms with van der Waals surface area (Å²) in [6, 6.07) is 13.3. The Balaban J connectivity index is 0.00000113. The molecule has 0 radical (unpaired) electrons. The number of hydrogen-bond donors (Lipinski definition) is 1. The Morgan fingerprint density at radius 3 is 1.71 bits per heavy atom. The molecule has 174 valence electrons. The molecule has 31 heavy (non-hydrogen) atoms. The number of ether oxygens (including phenoxy) is 2. The van der Waals surface area contributed by atoms with Gasteiger partial charge in [-0.1, -0.05) is 51.0 Å². The van der Waals surface area contributed by atoms with Gasteiger partial charge in [0, 0.05) is 28.9 Å². The third kappa shape index (κ3) is 7.27. The van der Waals surface area contributed by atoms with E-state index in [-0.39, 0.29) is 5.60 Å². The Hall–Kier alpha value is -1.49. The molecule has 1 atom stereocenters. The van der Waals surface area contributed by atoms with Gasteiger partial charge in [0.05, 0.1) is 18.8 Å². The second kappa shape index (κ2) is 11.9. The van der Waals surface area contributed by atoms with E-state index in [0.29, 0.717) is 13.2 Å². The van der Waals surface area contributed by atoms with Gasteiger partial charge in [0.25, 0.3) is 0 Å². The third-order valence-electron chi connectivity index (χ3n) is 5.30. The second-order valence-electron chi connectivity index (χ2n) is 8.36. The van der Waals surface area contributed by atoms with E-state index in [2.05, 4.69) is 68.7 Å². The molecule has 1 heterocycles. The summed E-state index contributed by atoms with van der Waals surface area (Å²) in [6.45, 7) is 19.7. The van der Waals surface area contributed by atoms with Gasteiger partial charge in [0.2, 0.25) is 0 Å². The molecule has 0 aliphatic rings. The van der Waals surface area contributed by atoms with Crippen molar-refractivity contribution in [1.29, 1.82) is 0 Å². The van der Waals surface area contributed by atoms with Crippen molar-refractivity contribution in [3.05, 3.63) is 47.5 Å². The highest BCUT2D eigenvalue weighted by Gasteiger charge is 2.25. The number of hydrogen-bond acceptors (Lipinski definition) is 3. The molecule has 4 heteroatoms. The van der Waals surface area contributed by atoms with Crippen LogP contribution in [0, 0.1) is 13.8 Å². The topological polar surface area (TPSA) is 23.4 Å². The van der Waals surface area contributed by atoms with Crippen LogP contribution in [0.3, 0.4) is 0 Å². The first-order chi connectivity index (χ1) is 14.6. The molecule has 0 amide bonds. The number of methoxy groups -OCH3 is 1. The highest BCUT2D eigenvalue weighted by molar-refractivity contribution is 7.81. The summed E-state index contributed by atoms with van der Waals surface area (Å²) >= 11 is 4.84. The maximum Gasteiger partial charge on any atom is 0.125 e. The van der Waals surface area contributed by atoms with E-state index in [0.717, 1.165) is 6.42 Å². The first-order valence-electron chi connectivity index (χ1n) is 11.5. The molecule has 1 unspecified atom stereocenters. The number of rotatable bonds is 7. The van der Waals surface area contributed by atoms with Crippen molar-refractivity contribution < 1.29 is 9.47 Å². The minimum Gasteiger partial charge on any atom is -0.379 e. The summed E-state index contributed by atoms with van der Waals surface area (Å²) in [5.41, 5.74) is 4.81. The average Bonchev–Trinajstić information content (AvgIpc) is 3.02. The van der Waals surface area contributed by atoms with Crippen molar-refractivity contribution in [1.82, 2.24) is 4.57 Å². The molecule has 0 N–H and O–H groups in total. The molecule has 0 aliphatic carbocycles. The van der Waals surface area contributed by atoms with Crippen LogP contribution in [-0.4, -0.2) is 28.8 Å². The fourth-order valence-electron chi connectivity index (χ4n) is 3.46. The lowest BCUT2D eigenvalue weighted by Crippen LogP contribution is -2.31. The normalized spacial score (nSPS) is 13.3. The van der Waals surface area contributed by atoms with E-state index in [9.17, 15) is 0 Å². The van der Waals surface area contributed by atoms with Gasteiger partial charge in [-0.15, -0.1) is 12.6 Å². The molecule has 0 bridgehead atoms. The Labute approximate surface area is 195 Å². The summed E-state index contributed by atoms with van der Waals surface area (Å²) < 4.78 is 14.0. The first kappa shape index (κ1) is 27.5. The second-order valence-corrected chi connectivity index (χ2v) is 9.31. The van der Waals surface area contributed by atoms with Gasteiger partial charge in [-0.25, -0.2) is 0 Å². The summed E-state index contributed by atoms with van der Waals surface area (Å²) in [7, 11) is 1.74. The fraction of sp³-hybridized carbons (Fsp3) is 0.556. The van der Waals surface area contributed by atoms with Crippen LogP contribution in [0.5, 0.6) is 0 Å². The Morgan fingerprint density at radius 2 is 1.29 bits per heavy atom. The van der Waals surface area contributed by atoms with Crippen molar-refractivity contribution in [2.24, 2.45) is 0 Å². The minimum absolute atomic E-state index is 0.189. The molecule has 3 nitrogen and oxygen atoms in total. The van der Waals surface area contributed by atoms with Crippen molar-refractivity contribution in [3.63, 3.8) is 0 Å². The summed E-state index contributed by atoms with van der Waals surface area (Å²) in [4.78, 5) is -0.571. The first-order valence-corrected chi connectivity index (χ1v) is 12.0. The van der Waals surface area contributed by atoms with E-state index in [1.54, 1.807) is 7.11 Å². The highest BCUT2D eigenvalue weighted by atomic mass is 32.1. The molecule has 3 aromatic rings. The molecule has 0 fully saturated rings. The number of benzene rings is 2. The standard InChI is InChI=1S/C23H31NO2S.2C2H6/c1-16-7-9-20-18(13-16)19-14-17(2)8-10-21(19)24(20)15-23(5,27)26-12-11-22(3,4)25-6;2*1-2/h7-10,13-14,27H,11-12,15H2,1-6H3;2*1-2H3. The maximum atomic E-state index is 6.15. The number of aryl methyl sites for hydroxylation is 2. The predicted octanol–water partition coefficient (Wildman–Crippen LogP) is 7.94. The van der Waals surface area contributed by atoms with Gasteiger partial charge in [0.1, 0.15) is 4.93 Å². The van der Waals surface area contributed by atoms with E-state index in [4.69, 9.17) is 22.1 Å². The zero-order valence-electron chi connectivity index (χ0n) is 21.3. The van der Waals surface area contributed by atoms with Crippen molar-refractivity contribution in [3.8, 4) is 0 Å². The summed E-state index contributed by atoms with van der Waals surface area (Å²) in [5, 5.41) is 2.58. The molecule has 0 spiro atoms. The van der Waals surface area contributed by atoms with Gasteiger partial charge in [-0.05, 0) is 65.3 Å². The molecule has 3 rings (SSSR count). The van der Waals surface area contributed by atoms with Crippen LogP contribution in [0.2, 0.25) is 0 Å². The van der Waals surface area contributed by atoms with E-state index in [1.807, 2.05) is 34.6 Å². The smallest absolute Gasteiger partial charge is 0.125 e. The monoisotopic (exact) mass is 445 g/mol. The summed E-state index contributed by atoms with van der Waals surface area (Å²) in [6.07, 6.45) is 0.825. The van der Waals surface area contributed by atoms with Crippen LogP contribution in [0.25, 0.3) is 21.8 Å². The Morgan fingerprint density at radius 1 is 0.839 bits per heavy atom. The predicted molar refractivity (Wildman–Crippen MR) is 141 cm³/mol. The maximum absolute atomic E-state index is 6.15. The van der Waals surface area contributed by atoms with Gasteiger partial charge < -0.3 is 14.0 Å². The largest absolute Gasteiger partial charge is 0.379 e. The summed E-state index contributed by atoms with van der Waals surface area (Å²) in [5.74, 6) is 0. The van der Waals surface area contributed by atoms with Gasteiger partial charge >= 0.3 is 0 Å². The number of thiol groups is 1. The Bertz CT molecular complexity index is 897. The fourth-order valence-corrected chi connectivity index (χ4v) is 3.69. The van der Waals surface area contributed by atoms with Gasteiger partial charge in [0.15, 0.2) is 0 Å². The average molecular weight is 446 g/mol. The van der Waals surface area contributed by atoms with Gasteiger partial charge in [-0.2, -0.15) is 0 Å². The molecule has 0 aliphatic heterocycles. The Kier molecular flexibility index (Phi) is 10.6. The zero-order chi connectivity index (χ0) is 23.8. The van der Waals surface area contributed by atoms with E-state index in [1.165, 1.54) is 32.9 Å². The van der Waals surface area contributed by atoms with E-state index >= 15 is 0 Å². The number of nitrogens with zero attached hydrogens (tertiary/aromatic N) is 1. The lowest BCUT2D eigenvalue weighted by molar-refractivity contribution is -0.0346. The minimum atomic E-state index is -0.571. The molecule has 0 saturated heterocycles. The molecular weight excluding hydrogens is 402 g/mol. The van der Waals surface area contributed by atoms with Crippen LogP contribution in [0.1, 0.15) is 66.0 Å². The van der Waals surface area contributed by atoms with Crippen molar-refractivity contribution in [2.75, 3.05) is 13.7 Å². The molecule has 1 aromatic heterocycles. The van der Waals surface area contributed by atoms with Crippen LogP contribution >= 0.6 is 12.6 Å². The lowest BCUT2D eigenvalue weighted by Gasteiger charge is -2.29. The quantitative estimate of drug-likeness (QED) is 0.295. The highest BCUT2D eigenvalue weighted by Crippen LogP contribution is 2.33. The lowest BCUT2D eigenvalue weighted by atomic mass is 10.1. The van der Waals surface area contributed by atoms with E-state index < -0.39 is 4.93 Å². The SMILES string of the molecule is CC.CC.COC(C)(C)CCOC(C)(S)Cn1c2ccc(C)cc2c2cc(C)ccc21.